The number of nitrogens with one attached hydrogen (secondary N) is 2. The molecule has 8 atom stereocenters. The molecule has 0 aromatic carbocycles. The van der Waals surface area contributed by atoms with E-state index in [4.69, 9.17) is 18.9 Å². The number of epoxide rings is 2. The van der Waals surface area contributed by atoms with Gasteiger partial charge in [0.15, 0.2) is 0 Å². The van der Waals surface area contributed by atoms with Crippen molar-refractivity contribution in [1.82, 2.24) is 10.6 Å². The molecule has 0 aromatic rings. The number of carbonyl (C=O) groups excluding carboxylic acids is 4. The van der Waals surface area contributed by atoms with Crippen LogP contribution >= 0.6 is 0 Å². The Hall–Kier alpha value is -3.24. The van der Waals surface area contributed by atoms with Crippen molar-refractivity contribution in [3.05, 3.63) is 47.6 Å². The van der Waals surface area contributed by atoms with E-state index in [0.717, 1.165) is 88.2 Å². The van der Waals surface area contributed by atoms with Gasteiger partial charge in [0.25, 0.3) is 0 Å². The van der Waals surface area contributed by atoms with Crippen molar-refractivity contribution >= 4 is 23.8 Å². The third kappa shape index (κ3) is 8.28. The van der Waals surface area contributed by atoms with E-state index in [0.29, 0.717) is 49.9 Å². The van der Waals surface area contributed by atoms with Gasteiger partial charge in [0.2, 0.25) is 11.8 Å². The summed E-state index contributed by atoms with van der Waals surface area (Å²) in [4.78, 5) is 50.5. The van der Waals surface area contributed by atoms with E-state index in [1.807, 2.05) is 12.2 Å². The first-order valence-electron chi connectivity index (χ1n) is 19.1. The number of hydrogen-bond acceptors (Lipinski definition) is 8. The molecule has 2 aliphatic carbocycles. The number of amides is 2. The largest absolute Gasteiger partial charge is 0.455 e. The molecule has 4 fully saturated rings. The molecule has 4 aliphatic heterocycles. The van der Waals surface area contributed by atoms with Crippen LogP contribution in [0.2, 0.25) is 0 Å². The summed E-state index contributed by atoms with van der Waals surface area (Å²) < 4.78 is 23.2. The number of unbranched alkanes of at least 4 members (excludes halogenated alkanes) is 7. The zero-order chi connectivity index (χ0) is 35.5. The standard InChI is InChI=1S/C40H56N2O8/c1-25-29-19-17-27(15-13-21-39(3)33(49-39)31(29)47-37(25)45)35(43)41-23-11-9-7-5-6-8-10-12-24-42-36(44)28-16-14-22-40(4)34(50-40)32-30(20-18-28)26(2)38(46)48-32/h15-16,29-34H,1-2,5-14,17-24H2,3-4H3,(H,41,43)(H,42,44)/b27-15+,28-16+/t29-,30-,31-,32-,33-,34-,39+,40+/m0/s1. The lowest BCUT2D eigenvalue weighted by atomic mass is 9.83. The molecular weight excluding hydrogens is 636 g/mol. The maximum atomic E-state index is 13.0. The van der Waals surface area contributed by atoms with Gasteiger partial charge in [-0.1, -0.05) is 63.8 Å². The van der Waals surface area contributed by atoms with Gasteiger partial charge < -0.3 is 29.6 Å². The first-order chi connectivity index (χ1) is 24.0. The highest BCUT2D eigenvalue weighted by molar-refractivity contribution is 5.94. The Kier molecular flexibility index (Phi) is 11.4. The van der Waals surface area contributed by atoms with Gasteiger partial charge in [-0.2, -0.15) is 0 Å². The van der Waals surface area contributed by atoms with Crippen LogP contribution in [0.5, 0.6) is 0 Å². The van der Waals surface area contributed by atoms with E-state index in [1.54, 1.807) is 0 Å². The normalized spacial score (nSPS) is 36.9. The van der Waals surface area contributed by atoms with Crippen LogP contribution in [0.15, 0.2) is 47.6 Å². The predicted molar refractivity (Wildman–Crippen MR) is 188 cm³/mol. The summed E-state index contributed by atoms with van der Waals surface area (Å²) in [5.41, 5.74) is 1.94. The second-order valence-corrected chi connectivity index (χ2v) is 15.7. The zero-order valence-electron chi connectivity index (χ0n) is 30.0. The molecule has 4 saturated heterocycles. The van der Waals surface area contributed by atoms with E-state index in [-0.39, 0.29) is 71.2 Å². The van der Waals surface area contributed by atoms with Crippen molar-refractivity contribution in [2.24, 2.45) is 11.8 Å². The van der Waals surface area contributed by atoms with Crippen LogP contribution in [0.3, 0.4) is 0 Å². The quantitative estimate of drug-likeness (QED) is 0.106. The molecule has 0 unspecified atom stereocenters. The Morgan fingerprint density at radius 1 is 0.680 bits per heavy atom. The smallest absolute Gasteiger partial charge is 0.334 e. The summed E-state index contributed by atoms with van der Waals surface area (Å²) in [6.07, 6.45) is 17.6. The monoisotopic (exact) mass is 692 g/mol. The molecule has 0 bridgehead atoms. The predicted octanol–water partition coefficient (Wildman–Crippen LogP) is 5.85. The molecule has 0 aromatic heterocycles. The summed E-state index contributed by atoms with van der Waals surface area (Å²) in [5, 5.41) is 6.22. The molecule has 50 heavy (non-hydrogen) atoms. The van der Waals surface area contributed by atoms with Gasteiger partial charge in [-0.3, -0.25) is 9.59 Å². The van der Waals surface area contributed by atoms with Crippen molar-refractivity contribution in [3.8, 4) is 0 Å². The highest BCUT2D eigenvalue weighted by atomic mass is 16.7. The number of hydrogen-bond donors (Lipinski definition) is 2. The third-order valence-electron chi connectivity index (χ3n) is 11.9. The van der Waals surface area contributed by atoms with Gasteiger partial charge in [0, 0.05) is 47.2 Å². The minimum Gasteiger partial charge on any atom is -0.455 e. The molecule has 6 aliphatic rings. The zero-order valence-corrected chi connectivity index (χ0v) is 30.0. The van der Waals surface area contributed by atoms with Gasteiger partial charge in [0.1, 0.15) is 24.4 Å². The van der Waals surface area contributed by atoms with Gasteiger partial charge in [-0.05, 0) is 78.1 Å². The number of carbonyl (C=O) groups is 4. The van der Waals surface area contributed by atoms with E-state index < -0.39 is 0 Å². The SMILES string of the molecule is C=C1C(=O)O[C@H]2[C@H]1CC/C(C(=O)NCCCCCCCCCCNC(=O)/C1=C/CC[C@@]3(C)O[C@H]3[C@H]3OC(=O)C(=C)[C@@H]3CC1)=C\CC[C@@]1(C)O[C@@H]21. The number of rotatable bonds is 13. The lowest BCUT2D eigenvalue weighted by Crippen LogP contribution is -2.30. The first-order valence-corrected chi connectivity index (χ1v) is 19.1. The van der Waals surface area contributed by atoms with Crippen LogP contribution in [0.1, 0.15) is 117 Å². The second-order valence-electron chi connectivity index (χ2n) is 15.7. The van der Waals surface area contributed by atoms with Crippen LogP contribution in [0.4, 0.5) is 0 Å². The Morgan fingerprint density at radius 2 is 1.06 bits per heavy atom. The fourth-order valence-corrected chi connectivity index (χ4v) is 8.47. The molecule has 10 nitrogen and oxygen atoms in total. The second kappa shape index (κ2) is 15.6. The molecule has 274 valence electrons. The van der Waals surface area contributed by atoms with Crippen molar-refractivity contribution < 1.29 is 38.1 Å². The summed E-state index contributed by atoms with van der Waals surface area (Å²) in [6.45, 7) is 13.4. The van der Waals surface area contributed by atoms with Gasteiger partial charge in [0.05, 0.1) is 11.2 Å². The minimum absolute atomic E-state index is 0.0138. The van der Waals surface area contributed by atoms with E-state index >= 15 is 0 Å². The van der Waals surface area contributed by atoms with Crippen molar-refractivity contribution in [2.75, 3.05) is 13.1 Å². The van der Waals surface area contributed by atoms with Crippen LogP contribution < -0.4 is 10.6 Å². The van der Waals surface area contributed by atoms with E-state index in [1.165, 1.54) is 0 Å². The highest BCUT2D eigenvalue weighted by Crippen LogP contribution is 2.51. The molecule has 0 radical (unpaired) electrons. The number of fused-ring (bicyclic) bond motifs is 6. The Bertz CT molecular complexity index is 1330. The lowest BCUT2D eigenvalue weighted by molar-refractivity contribution is -0.140. The summed E-state index contributed by atoms with van der Waals surface area (Å²) in [6, 6.07) is 0. The van der Waals surface area contributed by atoms with E-state index in [9.17, 15) is 19.2 Å². The fourth-order valence-electron chi connectivity index (χ4n) is 8.47. The topological polar surface area (TPSA) is 136 Å². The van der Waals surface area contributed by atoms with Crippen LogP contribution in [0.25, 0.3) is 0 Å². The fraction of sp³-hybridized carbons (Fsp3) is 0.700. The van der Waals surface area contributed by atoms with Crippen LogP contribution in [-0.2, 0) is 38.1 Å². The Balaban J connectivity index is 0.807. The van der Waals surface area contributed by atoms with Crippen molar-refractivity contribution in [3.63, 3.8) is 0 Å². The third-order valence-corrected chi connectivity index (χ3v) is 11.9. The molecule has 0 saturated carbocycles. The highest BCUT2D eigenvalue weighted by Gasteiger charge is 2.62. The van der Waals surface area contributed by atoms with Crippen molar-refractivity contribution in [2.45, 2.75) is 152 Å². The Labute approximate surface area is 296 Å². The first kappa shape index (κ1) is 36.5. The number of ether oxygens (including phenoxy) is 4. The summed E-state index contributed by atoms with van der Waals surface area (Å²) in [5.74, 6) is -0.921. The molecule has 2 amide bonds. The molecule has 4 heterocycles. The average Bonchev–Trinajstić information content (AvgIpc) is 3.90. The van der Waals surface area contributed by atoms with Crippen molar-refractivity contribution in [1.29, 1.82) is 0 Å². The maximum Gasteiger partial charge on any atom is 0.334 e. The minimum atomic E-state index is -0.338. The van der Waals surface area contributed by atoms with E-state index in [2.05, 4.69) is 37.6 Å². The van der Waals surface area contributed by atoms with Crippen LogP contribution in [0, 0.1) is 11.8 Å². The molecule has 10 heteroatoms. The van der Waals surface area contributed by atoms with Gasteiger partial charge >= 0.3 is 11.9 Å². The average molecular weight is 693 g/mol. The number of allylic oxidation sites excluding steroid dienone is 2. The van der Waals surface area contributed by atoms with Gasteiger partial charge in [-0.15, -0.1) is 0 Å². The Morgan fingerprint density at radius 3 is 1.46 bits per heavy atom. The molecule has 2 N–H and O–H groups in total. The molecule has 0 spiro atoms. The lowest BCUT2D eigenvalue weighted by Gasteiger charge is -2.20. The summed E-state index contributed by atoms with van der Waals surface area (Å²) >= 11 is 0. The molecular formula is C40H56N2O8. The maximum absolute atomic E-state index is 13.0. The van der Waals surface area contributed by atoms with Gasteiger partial charge in [-0.25, -0.2) is 9.59 Å². The number of esters is 2. The van der Waals surface area contributed by atoms with Crippen LogP contribution in [-0.4, -0.2) is 72.5 Å². The molecule has 6 rings (SSSR count). The summed E-state index contributed by atoms with van der Waals surface area (Å²) in [7, 11) is 0.